The highest BCUT2D eigenvalue weighted by atomic mass is 16.5. The Bertz CT molecular complexity index is 566. The number of methoxy groups -OCH3 is 1. The van der Waals surface area contributed by atoms with E-state index in [2.05, 4.69) is 5.32 Å². The van der Waals surface area contributed by atoms with Crippen LogP contribution in [-0.2, 0) is 11.3 Å². The normalized spacial score (nSPS) is 11.7. The predicted molar refractivity (Wildman–Crippen MR) is 80.9 cm³/mol. The average molecular weight is 285 g/mol. The third-order valence-corrected chi connectivity index (χ3v) is 3.21. The number of ether oxygens (including phenoxy) is 1. The summed E-state index contributed by atoms with van der Waals surface area (Å²) in [5.41, 5.74) is 1.73. The van der Waals surface area contributed by atoms with Crippen molar-refractivity contribution in [1.29, 1.82) is 0 Å². The zero-order valence-electron chi connectivity index (χ0n) is 12.0. The number of carbonyl (C=O) groups is 1. The summed E-state index contributed by atoms with van der Waals surface area (Å²) in [5.74, 6) is 0.543. The SMILES string of the molecule is COc1ccc(C(O)CC(=O)NCc2ccccc2)cc1. The van der Waals surface area contributed by atoms with Gasteiger partial charge < -0.3 is 15.2 Å². The van der Waals surface area contributed by atoms with Gasteiger partial charge in [0.1, 0.15) is 5.75 Å². The van der Waals surface area contributed by atoms with Crippen molar-refractivity contribution in [3.8, 4) is 5.75 Å². The Kier molecular flexibility index (Phi) is 5.35. The first-order chi connectivity index (χ1) is 10.2. The fraction of sp³-hybridized carbons (Fsp3) is 0.235. The summed E-state index contributed by atoms with van der Waals surface area (Å²) in [7, 11) is 1.59. The first kappa shape index (κ1) is 15.1. The van der Waals surface area contributed by atoms with Gasteiger partial charge in [-0.2, -0.15) is 0 Å². The van der Waals surface area contributed by atoms with Crippen molar-refractivity contribution in [2.45, 2.75) is 19.1 Å². The maximum Gasteiger partial charge on any atom is 0.223 e. The zero-order chi connectivity index (χ0) is 15.1. The van der Waals surface area contributed by atoms with Crippen LogP contribution in [0.4, 0.5) is 0 Å². The molecule has 4 heteroatoms. The molecule has 0 saturated carbocycles. The average Bonchev–Trinajstić information content (AvgIpc) is 2.54. The Labute approximate surface area is 124 Å². The van der Waals surface area contributed by atoms with E-state index in [0.717, 1.165) is 11.3 Å². The molecule has 0 saturated heterocycles. The fourth-order valence-corrected chi connectivity index (χ4v) is 1.99. The number of nitrogens with one attached hydrogen (secondary N) is 1. The van der Waals surface area contributed by atoms with Crippen LogP contribution in [0.5, 0.6) is 5.75 Å². The monoisotopic (exact) mass is 285 g/mol. The summed E-state index contributed by atoms with van der Waals surface area (Å²) in [4.78, 5) is 11.8. The summed E-state index contributed by atoms with van der Waals surface area (Å²) in [6.07, 6.45) is -0.772. The fourth-order valence-electron chi connectivity index (χ4n) is 1.99. The van der Waals surface area contributed by atoms with Crippen LogP contribution in [-0.4, -0.2) is 18.1 Å². The number of aliphatic hydroxyl groups excluding tert-OH is 1. The highest BCUT2D eigenvalue weighted by Crippen LogP contribution is 2.19. The van der Waals surface area contributed by atoms with Gasteiger partial charge in [0.15, 0.2) is 0 Å². The maximum atomic E-state index is 11.8. The standard InChI is InChI=1S/C17H19NO3/c1-21-15-9-7-14(8-10-15)16(19)11-17(20)18-12-13-5-3-2-4-6-13/h2-10,16,19H,11-12H2,1H3,(H,18,20). The van der Waals surface area contributed by atoms with Gasteiger partial charge >= 0.3 is 0 Å². The molecular weight excluding hydrogens is 266 g/mol. The van der Waals surface area contributed by atoms with Crippen molar-refractivity contribution in [3.05, 3.63) is 65.7 Å². The minimum atomic E-state index is -0.813. The minimum Gasteiger partial charge on any atom is -0.497 e. The number of aliphatic hydroxyl groups is 1. The highest BCUT2D eigenvalue weighted by Gasteiger charge is 2.12. The Hall–Kier alpha value is -2.33. The minimum absolute atomic E-state index is 0.0408. The van der Waals surface area contributed by atoms with Crippen LogP contribution >= 0.6 is 0 Å². The van der Waals surface area contributed by atoms with E-state index >= 15 is 0 Å². The van der Waals surface area contributed by atoms with Crippen molar-refractivity contribution >= 4 is 5.91 Å². The topological polar surface area (TPSA) is 58.6 Å². The van der Waals surface area contributed by atoms with Gasteiger partial charge in [-0.25, -0.2) is 0 Å². The van der Waals surface area contributed by atoms with Gasteiger partial charge in [-0.05, 0) is 23.3 Å². The second-order valence-electron chi connectivity index (χ2n) is 4.76. The molecule has 0 spiro atoms. The summed E-state index contributed by atoms with van der Waals surface area (Å²) >= 11 is 0. The molecular formula is C17H19NO3. The van der Waals surface area contributed by atoms with Crippen molar-refractivity contribution in [2.75, 3.05) is 7.11 Å². The lowest BCUT2D eigenvalue weighted by Crippen LogP contribution is -2.24. The first-order valence-corrected chi connectivity index (χ1v) is 6.81. The van der Waals surface area contributed by atoms with Gasteiger partial charge in [0.2, 0.25) is 5.91 Å². The molecule has 1 atom stereocenters. The van der Waals surface area contributed by atoms with E-state index in [9.17, 15) is 9.90 Å². The van der Waals surface area contributed by atoms with Crippen LogP contribution in [0.3, 0.4) is 0 Å². The molecule has 4 nitrogen and oxygen atoms in total. The van der Waals surface area contributed by atoms with Gasteiger partial charge in [-0.15, -0.1) is 0 Å². The van der Waals surface area contributed by atoms with E-state index in [0.29, 0.717) is 12.1 Å². The second-order valence-corrected chi connectivity index (χ2v) is 4.76. The van der Waals surface area contributed by atoms with Crippen LogP contribution in [0.2, 0.25) is 0 Å². The molecule has 1 amide bonds. The molecule has 110 valence electrons. The van der Waals surface area contributed by atoms with Gasteiger partial charge in [0.25, 0.3) is 0 Å². The molecule has 2 aromatic rings. The molecule has 0 fully saturated rings. The van der Waals surface area contributed by atoms with E-state index in [1.54, 1.807) is 31.4 Å². The second kappa shape index (κ2) is 7.45. The third kappa shape index (κ3) is 4.61. The molecule has 0 bridgehead atoms. The molecule has 21 heavy (non-hydrogen) atoms. The zero-order valence-corrected chi connectivity index (χ0v) is 12.0. The van der Waals surface area contributed by atoms with Crippen molar-refractivity contribution in [2.24, 2.45) is 0 Å². The van der Waals surface area contributed by atoms with Gasteiger partial charge in [-0.3, -0.25) is 4.79 Å². The smallest absolute Gasteiger partial charge is 0.223 e. The van der Waals surface area contributed by atoms with E-state index in [-0.39, 0.29) is 12.3 Å². The number of hydrogen-bond acceptors (Lipinski definition) is 3. The Morgan fingerprint density at radius 3 is 2.43 bits per heavy atom. The number of amides is 1. The summed E-state index contributed by atoms with van der Waals surface area (Å²) in [5, 5.41) is 12.8. The number of hydrogen-bond donors (Lipinski definition) is 2. The summed E-state index contributed by atoms with van der Waals surface area (Å²) < 4.78 is 5.06. The molecule has 1 unspecified atom stereocenters. The molecule has 0 heterocycles. The van der Waals surface area contributed by atoms with Gasteiger partial charge in [-0.1, -0.05) is 42.5 Å². The van der Waals surface area contributed by atoms with Crippen molar-refractivity contribution < 1.29 is 14.6 Å². The van der Waals surface area contributed by atoms with E-state index in [4.69, 9.17) is 4.74 Å². The van der Waals surface area contributed by atoms with Crippen LogP contribution < -0.4 is 10.1 Å². The Balaban J connectivity index is 1.83. The molecule has 0 aromatic heterocycles. The molecule has 0 aliphatic heterocycles. The number of benzene rings is 2. The van der Waals surface area contributed by atoms with Crippen LogP contribution in [0.25, 0.3) is 0 Å². The Morgan fingerprint density at radius 2 is 1.81 bits per heavy atom. The van der Waals surface area contributed by atoms with E-state index in [1.807, 2.05) is 30.3 Å². The largest absolute Gasteiger partial charge is 0.497 e. The first-order valence-electron chi connectivity index (χ1n) is 6.81. The number of rotatable bonds is 6. The highest BCUT2D eigenvalue weighted by molar-refractivity contribution is 5.76. The molecule has 2 rings (SSSR count). The van der Waals surface area contributed by atoms with Crippen LogP contribution in [0.1, 0.15) is 23.7 Å². The van der Waals surface area contributed by atoms with E-state index in [1.165, 1.54) is 0 Å². The molecule has 0 aliphatic carbocycles. The molecule has 0 aliphatic rings. The Morgan fingerprint density at radius 1 is 1.14 bits per heavy atom. The van der Waals surface area contributed by atoms with Gasteiger partial charge in [0, 0.05) is 6.54 Å². The van der Waals surface area contributed by atoms with E-state index < -0.39 is 6.10 Å². The molecule has 2 aromatic carbocycles. The van der Waals surface area contributed by atoms with Crippen LogP contribution in [0.15, 0.2) is 54.6 Å². The van der Waals surface area contributed by atoms with Crippen molar-refractivity contribution in [3.63, 3.8) is 0 Å². The summed E-state index contributed by atoms with van der Waals surface area (Å²) in [6, 6.07) is 16.7. The summed E-state index contributed by atoms with van der Waals surface area (Å²) in [6.45, 7) is 0.467. The quantitative estimate of drug-likeness (QED) is 0.857. The third-order valence-electron chi connectivity index (χ3n) is 3.21. The predicted octanol–water partition coefficient (Wildman–Crippen LogP) is 2.44. The van der Waals surface area contributed by atoms with Crippen LogP contribution in [0, 0.1) is 0 Å². The van der Waals surface area contributed by atoms with Crippen molar-refractivity contribution in [1.82, 2.24) is 5.32 Å². The molecule has 2 N–H and O–H groups in total. The maximum absolute atomic E-state index is 11.8. The number of carbonyl (C=O) groups excluding carboxylic acids is 1. The lowest BCUT2D eigenvalue weighted by Gasteiger charge is -2.12. The lowest BCUT2D eigenvalue weighted by atomic mass is 10.1. The lowest BCUT2D eigenvalue weighted by molar-refractivity contribution is -0.123. The van der Waals surface area contributed by atoms with Gasteiger partial charge in [0.05, 0.1) is 19.6 Å². The molecule has 0 radical (unpaired) electrons.